The second kappa shape index (κ2) is 3.89. The van der Waals surface area contributed by atoms with Gasteiger partial charge in [0, 0.05) is 13.6 Å². The van der Waals surface area contributed by atoms with Gasteiger partial charge in [0.15, 0.2) is 0 Å². The van der Waals surface area contributed by atoms with Crippen LogP contribution in [0.15, 0.2) is 30.3 Å². The molecule has 1 aromatic rings. The Kier molecular flexibility index (Phi) is 3.06. The average molecular weight is 199 g/mol. The van der Waals surface area contributed by atoms with Gasteiger partial charge in [-0.15, -0.1) is 0 Å². The third-order valence-corrected chi connectivity index (χ3v) is 3.08. The summed E-state index contributed by atoms with van der Waals surface area (Å²) in [7, 11) is -1.50. The maximum Gasteiger partial charge on any atom is 0.211 e. The first kappa shape index (κ1) is 10.2. The predicted molar refractivity (Wildman–Crippen MR) is 52.8 cm³/mol. The Bertz CT molecular complexity index is 358. The van der Waals surface area contributed by atoms with Crippen molar-refractivity contribution in [2.45, 2.75) is 6.54 Å². The summed E-state index contributed by atoms with van der Waals surface area (Å²) in [6.45, 7) is 0.430. The second-order valence-electron chi connectivity index (χ2n) is 3.00. The van der Waals surface area contributed by atoms with Crippen molar-refractivity contribution in [3.05, 3.63) is 35.9 Å². The molecule has 0 aliphatic rings. The molecule has 0 bridgehead atoms. The maximum absolute atomic E-state index is 11.1. The fourth-order valence-corrected chi connectivity index (χ4v) is 1.34. The van der Waals surface area contributed by atoms with Crippen LogP contribution < -0.4 is 0 Å². The topological polar surface area (TPSA) is 37.4 Å². The van der Waals surface area contributed by atoms with Crippen molar-refractivity contribution in [1.82, 2.24) is 4.31 Å². The molecule has 4 heteroatoms. The molecule has 13 heavy (non-hydrogen) atoms. The molecule has 3 nitrogen and oxygen atoms in total. The van der Waals surface area contributed by atoms with Gasteiger partial charge in [0.2, 0.25) is 10.0 Å². The first-order chi connectivity index (χ1) is 6.00. The van der Waals surface area contributed by atoms with E-state index in [4.69, 9.17) is 0 Å². The van der Waals surface area contributed by atoms with Crippen LogP contribution in [-0.4, -0.2) is 26.0 Å². The van der Waals surface area contributed by atoms with Crippen molar-refractivity contribution >= 4 is 10.0 Å². The van der Waals surface area contributed by atoms with Crippen LogP contribution in [0.4, 0.5) is 0 Å². The molecule has 0 radical (unpaired) electrons. The molecule has 0 N–H and O–H groups in total. The summed E-state index contributed by atoms with van der Waals surface area (Å²) in [6, 6.07) is 9.50. The number of nitrogens with zero attached hydrogens (tertiary/aromatic N) is 1. The SMILES string of the molecule is CN(Cc1ccccc1)S(C)(=O)=O. The summed E-state index contributed by atoms with van der Waals surface area (Å²) in [5, 5.41) is 0. The van der Waals surface area contributed by atoms with Gasteiger partial charge in [0.05, 0.1) is 6.26 Å². The molecule has 0 atom stereocenters. The molecular formula is C9H13NO2S. The van der Waals surface area contributed by atoms with Crippen molar-refractivity contribution < 1.29 is 8.42 Å². The van der Waals surface area contributed by atoms with E-state index in [9.17, 15) is 8.42 Å². The number of sulfonamides is 1. The van der Waals surface area contributed by atoms with E-state index in [1.54, 1.807) is 7.05 Å². The van der Waals surface area contributed by atoms with Crippen LogP contribution in [0.25, 0.3) is 0 Å². The van der Waals surface area contributed by atoms with Crippen LogP contribution in [0.5, 0.6) is 0 Å². The third kappa shape index (κ3) is 3.16. The molecule has 0 spiro atoms. The van der Waals surface area contributed by atoms with Crippen LogP contribution in [-0.2, 0) is 16.6 Å². The summed E-state index contributed by atoms with van der Waals surface area (Å²) in [6.07, 6.45) is 1.20. The quantitative estimate of drug-likeness (QED) is 0.730. The average Bonchev–Trinajstić information content (AvgIpc) is 2.04. The van der Waals surface area contributed by atoms with Gasteiger partial charge in [-0.25, -0.2) is 12.7 Å². The maximum atomic E-state index is 11.1. The Morgan fingerprint density at radius 1 is 1.23 bits per heavy atom. The Morgan fingerprint density at radius 3 is 2.23 bits per heavy atom. The number of hydrogen-bond acceptors (Lipinski definition) is 2. The van der Waals surface area contributed by atoms with Crippen LogP contribution >= 0.6 is 0 Å². The van der Waals surface area contributed by atoms with Crippen LogP contribution in [0.1, 0.15) is 5.56 Å². The van der Waals surface area contributed by atoms with Crippen molar-refractivity contribution in [3.8, 4) is 0 Å². The highest BCUT2D eigenvalue weighted by atomic mass is 32.2. The largest absolute Gasteiger partial charge is 0.213 e. The normalized spacial score (nSPS) is 11.9. The molecule has 0 aromatic heterocycles. The van der Waals surface area contributed by atoms with Crippen molar-refractivity contribution in [2.75, 3.05) is 13.3 Å². The lowest BCUT2D eigenvalue weighted by molar-refractivity contribution is 0.472. The van der Waals surface area contributed by atoms with E-state index in [0.29, 0.717) is 6.54 Å². The van der Waals surface area contributed by atoms with Crippen LogP contribution in [0, 0.1) is 0 Å². The van der Waals surface area contributed by atoms with E-state index in [-0.39, 0.29) is 0 Å². The van der Waals surface area contributed by atoms with Gasteiger partial charge >= 0.3 is 0 Å². The van der Waals surface area contributed by atoms with Gasteiger partial charge < -0.3 is 0 Å². The summed E-state index contributed by atoms with van der Waals surface area (Å²) >= 11 is 0. The highest BCUT2D eigenvalue weighted by Crippen LogP contribution is 2.04. The lowest BCUT2D eigenvalue weighted by atomic mass is 10.2. The second-order valence-corrected chi connectivity index (χ2v) is 5.09. The molecule has 72 valence electrons. The van der Waals surface area contributed by atoms with Crippen LogP contribution in [0.3, 0.4) is 0 Å². The zero-order valence-corrected chi connectivity index (χ0v) is 8.58. The molecule has 0 saturated heterocycles. The number of rotatable bonds is 3. The van der Waals surface area contributed by atoms with Crippen molar-refractivity contribution in [2.24, 2.45) is 0 Å². The first-order valence-electron chi connectivity index (χ1n) is 3.95. The molecule has 0 saturated carbocycles. The molecule has 0 aliphatic heterocycles. The van der Waals surface area contributed by atoms with E-state index in [1.165, 1.54) is 10.6 Å². The molecular weight excluding hydrogens is 186 g/mol. The number of benzene rings is 1. The molecule has 0 unspecified atom stereocenters. The lowest BCUT2D eigenvalue weighted by Gasteiger charge is -2.13. The molecule has 0 fully saturated rings. The van der Waals surface area contributed by atoms with E-state index < -0.39 is 10.0 Å². The van der Waals surface area contributed by atoms with E-state index in [0.717, 1.165) is 5.56 Å². The Labute approximate surface area is 79.0 Å². The number of hydrogen-bond donors (Lipinski definition) is 0. The third-order valence-electron chi connectivity index (χ3n) is 1.81. The standard InChI is InChI=1S/C9H13NO2S/c1-10(13(2,11)12)8-9-6-4-3-5-7-9/h3-7H,8H2,1-2H3. The van der Waals surface area contributed by atoms with Crippen molar-refractivity contribution in [1.29, 1.82) is 0 Å². The molecule has 0 amide bonds. The monoisotopic (exact) mass is 199 g/mol. The van der Waals surface area contributed by atoms with Gasteiger partial charge in [-0.05, 0) is 5.56 Å². The minimum absolute atomic E-state index is 0.430. The van der Waals surface area contributed by atoms with E-state index in [1.807, 2.05) is 30.3 Å². The zero-order valence-electron chi connectivity index (χ0n) is 7.77. The first-order valence-corrected chi connectivity index (χ1v) is 5.80. The molecule has 1 aromatic carbocycles. The fourth-order valence-electron chi connectivity index (χ4n) is 0.958. The van der Waals surface area contributed by atoms with Crippen molar-refractivity contribution in [3.63, 3.8) is 0 Å². The molecule has 1 rings (SSSR count). The Morgan fingerprint density at radius 2 is 1.77 bits per heavy atom. The summed E-state index contributed by atoms with van der Waals surface area (Å²) in [5.41, 5.74) is 0.996. The Balaban J connectivity index is 2.72. The van der Waals surface area contributed by atoms with Gasteiger partial charge in [-0.1, -0.05) is 30.3 Å². The van der Waals surface area contributed by atoms with Gasteiger partial charge in [-0.3, -0.25) is 0 Å². The summed E-state index contributed by atoms with van der Waals surface area (Å²) in [4.78, 5) is 0. The zero-order chi connectivity index (χ0) is 9.90. The fraction of sp³-hybridized carbons (Fsp3) is 0.333. The highest BCUT2D eigenvalue weighted by Gasteiger charge is 2.10. The summed E-state index contributed by atoms with van der Waals surface area (Å²) < 4.78 is 23.4. The molecule has 0 heterocycles. The minimum atomic E-state index is -3.07. The Hall–Kier alpha value is -0.870. The lowest BCUT2D eigenvalue weighted by Crippen LogP contribution is -2.24. The van der Waals surface area contributed by atoms with E-state index in [2.05, 4.69) is 0 Å². The smallest absolute Gasteiger partial charge is 0.211 e. The van der Waals surface area contributed by atoms with Gasteiger partial charge in [0.1, 0.15) is 0 Å². The van der Waals surface area contributed by atoms with Crippen LogP contribution in [0.2, 0.25) is 0 Å². The highest BCUT2D eigenvalue weighted by molar-refractivity contribution is 7.88. The van der Waals surface area contributed by atoms with Gasteiger partial charge in [-0.2, -0.15) is 0 Å². The molecule has 0 aliphatic carbocycles. The van der Waals surface area contributed by atoms with Gasteiger partial charge in [0.25, 0.3) is 0 Å². The predicted octanol–water partition coefficient (Wildman–Crippen LogP) is 1.08. The van der Waals surface area contributed by atoms with E-state index >= 15 is 0 Å². The summed E-state index contributed by atoms with van der Waals surface area (Å²) in [5.74, 6) is 0. The minimum Gasteiger partial charge on any atom is -0.213 e.